The summed E-state index contributed by atoms with van der Waals surface area (Å²) in [5.74, 6) is 0.820. The summed E-state index contributed by atoms with van der Waals surface area (Å²) in [5.41, 5.74) is 1.04. The molecule has 0 fully saturated rings. The highest BCUT2D eigenvalue weighted by atomic mass is 35.5. The van der Waals surface area contributed by atoms with Crippen LogP contribution in [0.25, 0.3) is 0 Å². The molecule has 0 spiro atoms. The van der Waals surface area contributed by atoms with Gasteiger partial charge in [-0.15, -0.1) is 0 Å². The van der Waals surface area contributed by atoms with Gasteiger partial charge in [0.1, 0.15) is 12.4 Å². The number of halogens is 1. The molecule has 2 nitrogen and oxygen atoms in total. The SMILES string of the molecule is C=C(CNCCC)COc1ccc(Cl)cc1. The van der Waals surface area contributed by atoms with E-state index in [1.54, 1.807) is 0 Å². The summed E-state index contributed by atoms with van der Waals surface area (Å²) in [6.45, 7) is 8.45. The fourth-order valence-corrected chi connectivity index (χ4v) is 1.34. The van der Waals surface area contributed by atoms with Crippen molar-refractivity contribution in [2.24, 2.45) is 0 Å². The topological polar surface area (TPSA) is 21.3 Å². The second-order valence-electron chi connectivity index (χ2n) is 3.67. The lowest BCUT2D eigenvalue weighted by atomic mass is 10.3. The predicted molar refractivity (Wildman–Crippen MR) is 69.2 cm³/mol. The van der Waals surface area contributed by atoms with Gasteiger partial charge in [0, 0.05) is 11.6 Å². The molecule has 1 N–H and O–H groups in total. The Morgan fingerprint density at radius 1 is 1.38 bits per heavy atom. The smallest absolute Gasteiger partial charge is 0.119 e. The van der Waals surface area contributed by atoms with E-state index in [4.69, 9.17) is 16.3 Å². The van der Waals surface area contributed by atoms with Crippen LogP contribution < -0.4 is 10.1 Å². The van der Waals surface area contributed by atoms with Crippen LogP contribution >= 0.6 is 11.6 Å². The van der Waals surface area contributed by atoms with Crippen LogP contribution in [-0.4, -0.2) is 19.7 Å². The van der Waals surface area contributed by atoms with Crippen molar-refractivity contribution in [2.45, 2.75) is 13.3 Å². The quantitative estimate of drug-likeness (QED) is 0.583. The fraction of sp³-hybridized carbons (Fsp3) is 0.385. The lowest BCUT2D eigenvalue weighted by Crippen LogP contribution is -2.20. The van der Waals surface area contributed by atoms with E-state index in [1.807, 2.05) is 24.3 Å². The van der Waals surface area contributed by atoms with Crippen molar-refractivity contribution in [1.82, 2.24) is 5.32 Å². The highest BCUT2D eigenvalue weighted by molar-refractivity contribution is 6.30. The molecule has 0 saturated carbocycles. The summed E-state index contributed by atoms with van der Waals surface area (Å²) in [6.07, 6.45) is 1.13. The fourth-order valence-electron chi connectivity index (χ4n) is 1.21. The van der Waals surface area contributed by atoms with Crippen molar-refractivity contribution in [3.63, 3.8) is 0 Å². The maximum absolute atomic E-state index is 5.78. The monoisotopic (exact) mass is 239 g/mol. The highest BCUT2D eigenvalue weighted by Gasteiger charge is 1.97. The minimum Gasteiger partial charge on any atom is -0.489 e. The van der Waals surface area contributed by atoms with Gasteiger partial charge in [-0.2, -0.15) is 0 Å². The summed E-state index contributed by atoms with van der Waals surface area (Å²) in [4.78, 5) is 0. The standard InChI is InChI=1S/C13H18ClNO/c1-3-8-15-9-11(2)10-16-13-6-4-12(14)5-7-13/h4-7,15H,2-3,8-10H2,1H3. The molecule has 0 heterocycles. The average molecular weight is 240 g/mol. The summed E-state index contributed by atoms with van der Waals surface area (Å²) in [6, 6.07) is 7.34. The first-order valence-corrected chi connectivity index (χ1v) is 5.86. The van der Waals surface area contributed by atoms with E-state index < -0.39 is 0 Å². The molecule has 0 saturated heterocycles. The molecular weight excluding hydrogens is 222 g/mol. The van der Waals surface area contributed by atoms with E-state index in [1.165, 1.54) is 0 Å². The van der Waals surface area contributed by atoms with Crippen LogP contribution in [0.15, 0.2) is 36.4 Å². The lowest BCUT2D eigenvalue weighted by molar-refractivity contribution is 0.348. The Labute approximate surface area is 102 Å². The van der Waals surface area contributed by atoms with Gasteiger partial charge in [-0.25, -0.2) is 0 Å². The van der Waals surface area contributed by atoms with Crippen molar-refractivity contribution in [1.29, 1.82) is 0 Å². The van der Waals surface area contributed by atoms with Crippen LogP contribution in [0.5, 0.6) is 5.75 Å². The van der Waals surface area contributed by atoms with Gasteiger partial charge in [-0.3, -0.25) is 0 Å². The van der Waals surface area contributed by atoms with E-state index in [-0.39, 0.29) is 0 Å². The molecule has 0 atom stereocenters. The minimum absolute atomic E-state index is 0.540. The largest absolute Gasteiger partial charge is 0.489 e. The molecule has 0 aromatic heterocycles. The number of rotatable bonds is 7. The van der Waals surface area contributed by atoms with Gasteiger partial charge in [0.05, 0.1) is 0 Å². The molecular formula is C13H18ClNO. The number of ether oxygens (including phenoxy) is 1. The first-order chi connectivity index (χ1) is 7.72. The van der Waals surface area contributed by atoms with Gasteiger partial charge in [0.15, 0.2) is 0 Å². The number of hydrogen-bond donors (Lipinski definition) is 1. The second-order valence-corrected chi connectivity index (χ2v) is 4.11. The highest BCUT2D eigenvalue weighted by Crippen LogP contribution is 2.15. The van der Waals surface area contributed by atoms with Crippen molar-refractivity contribution in [2.75, 3.05) is 19.7 Å². The van der Waals surface area contributed by atoms with E-state index in [0.29, 0.717) is 6.61 Å². The Bertz CT molecular complexity index is 321. The zero-order chi connectivity index (χ0) is 11.8. The van der Waals surface area contributed by atoms with Gasteiger partial charge < -0.3 is 10.1 Å². The first-order valence-electron chi connectivity index (χ1n) is 5.48. The van der Waals surface area contributed by atoms with Gasteiger partial charge in [0.2, 0.25) is 0 Å². The molecule has 1 rings (SSSR count). The van der Waals surface area contributed by atoms with Gasteiger partial charge in [-0.05, 0) is 42.8 Å². The molecule has 0 radical (unpaired) electrons. The van der Waals surface area contributed by atoms with Crippen molar-refractivity contribution < 1.29 is 4.74 Å². The van der Waals surface area contributed by atoms with Crippen molar-refractivity contribution in [3.8, 4) is 5.75 Å². The number of nitrogens with one attached hydrogen (secondary N) is 1. The lowest BCUT2D eigenvalue weighted by Gasteiger charge is -2.09. The number of hydrogen-bond acceptors (Lipinski definition) is 2. The van der Waals surface area contributed by atoms with Crippen LogP contribution in [0.4, 0.5) is 0 Å². The summed E-state index contributed by atoms with van der Waals surface area (Å²) in [5, 5.41) is 4.00. The molecule has 0 aliphatic rings. The Hall–Kier alpha value is -0.990. The molecule has 3 heteroatoms. The molecule has 1 aromatic rings. The Balaban J connectivity index is 2.23. The molecule has 0 aliphatic carbocycles. The molecule has 0 bridgehead atoms. The van der Waals surface area contributed by atoms with Gasteiger partial charge >= 0.3 is 0 Å². The van der Waals surface area contributed by atoms with E-state index in [0.717, 1.165) is 35.9 Å². The van der Waals surface area contributed by atoms with Gasteiger partial charge in [0.25, 0.3) is 0 Å². The van der Waals surface area contributed by atoms with Crippen LogP contribution in [-0.2, 0) is 0 Å². The average Bonchev–Trinajstić information content (AvgIpc) is 2.29. The molecule has 1 aromatic carbocycles. The van der Waals surface area contributed by atoms with Crippen molar-refractivity contribution in [3.05, 3.63) is 41.4 Å². The Morgan fingerprint density at radius 2 is 2.06 bits per heavy atom. The zero-order valence-electron chi connectivity index (χ0n) is 9.63. The van der Waals surface area contributed by atoms with E-state index in [9.17, 15) is 0 Å². The molecule has 16 heavy (non-hydrogen) atoms. The predicted octanol–water partition coefficient (Wildman–Crippen LogP) is 3.27. The normalized spacial score (nSPS) is 10.1. The minimum atomic E-state index is 0.540. The van der Waals surface area contributed by atoms with Crippen LogP contribution in [0, 0.1) is 0 Å². The van der Waals surface area contributed by atoms with E-state index >= 15 is 0 Å². The molecule has 0 aliphatic heterocycles. The molecule has 0 unspecified atom stereocenters. The molecule has 88 valence electrons. The maximum Gasteiger partial charge on any atom is 0.119 e. The number of benzene rings is 1. The summed E-state index contributed by atoms with van der Waals surface area (Å²) >= 11 is 5.78. The van der Waals surface area contributed by atoms with Gasteiger partial charge in [-0.1, -0.05) is 25.1 Å². The Kier molecular flexibility index (Phi) is 5.98. The van der Waals surface area contributed by atoms with Crippen LogP contribution in [0.1, 0.15) is 13.3 Å². The van der Waals surface area contributed by atoms with Crippen molar-refractivity contribution >= 4 is 11.6 Å². The third-order valence-corrected chi connectivity index (χ3v) is 2.31. The van der Waals surface area contributed by atoms with Crippen LogP contribution in [0.2, 0.25) is 5.02 Å². The van der Waals surface area contributed by atoms with E-state index in [2.05, 4.69) is 18.8 Å². The third-order valence-electron chi connectivity index (χ3n) is 2.06. The summed E-state index contributed by atoms with van der Waals surface area (Å²) < 4.78 is 5.56. The maximum atomic E-state index is 5.78. The zero-order valence-corrected chi connectivity index (χ0v) is 10.4. The first kappa shape index (κ1) is 13.1. The molecule has 0 amide bonds. The summed E-state index contributed by atoms with van der Waals surface area (Å²) in [7, 11) is 0. The third kappa shape index (κ3) is 5.19. The second kappa shape index (κ2) is 7.31. The Morgan fingerprint density at radius 3 is 2.69 bits per heavy atom. The van der Waals surface area contributed by atoms with Crippen LogP contribution in [0.3, 0.4) is 0 Å².